The quantitative estimate of drug-likeness (QED) is 0.410. The molecular weight excluding hydrogens is 425 g/mol. The minimum atomic E-state index is -4.56. The second kappa shape index (κ2) is 8.25. The lowest BCUT2D eigenvalue weighted by Crippen LogP contribution is -2.52. The fraction of sp³-hybridized carbons (Fsp3) is 0.929. The third-order valence-corrected chi connectivity index (χ3v) is 11.1. The van der Waals surface area contributed by atoms with E-state index in [0.29, 0.717) is 36.0 Å². The maximum atomic E-state index is 13.0. The summed E-state index contributed by atoms with van der Waals surface area (Å²) in [5.74, 6) is 3.03. The SMILES string of the molecule is C[C@H](CCC[C@](C)(O)C(F)(F)F)C1CC[C@H]2[C@@H]3CC=C4C[C@@](C)(O)CCC4(C)[C@H]3CC[C@]12C. The lowest BCUT2D eigenvalue weighted by Gasteiger charge is -2.59. The average Bonchev–Trinajstić information content (AvgIpc) is 3.04. The Bertz CT molecular complexity index is 770. The number of alkyl halides is 3. The lowest BCUT2D eigenvalue weighted by atomic mass is 9.46. The number of halogens is 3. The molecule has 0 saturated heterocycles. The highest BCUT2D eigenvalue weighted by Crippen LogP contribution is 2.67. The molecule has 4 aliphatic carbocycles. The second-order valence-electron chi connectivity index (χ2n) is 13.3. The van der Waals surface area contributed by atoms with Crippen LogP contribution in [0.15, 0.2) is 11.6 Å². The number of fused-ring (bicyclic) bond motifs is 5. The standard InChI is InChI=1S/C28H45F3O2/c1-18(7-6-13-27(5,33)28(29,30)31)21-10-11-22-20-9-8-19-17-24(2,32)15-16-25(19,3)23(20)12-14-26(21,22)4/h8,18,20-23,32-33H,6-7,9-17H2,1-5H3/t18-,20+,21?,22+,23+,24+,25?,26-,27+/m1/s1. The van der Waals surface area contributed by atoms with E-state index in [0.717, 1.165) is 39.0 Å². The molecule has 0 radical (unpaired) electrons. The summed E-state index contributed by atoms with van der Waals surface area (Å²) in [6.07, 6.45) is 7.64. The Morgan fingerprint density at radius 3 is 2.42 bits per heavy atom. The van der Waals surface area contributed by atoms with E-state index in [9.17, 15) is 23.4 Å². The first-order valence-corrected chi connectivity index (χ1v) is 13.3. The molecule has 2 N–H and O–H groups in total. The molecule has 0 bridgehead atoms. The highest BCUT2D eigenvalue weighted by Gasteiger charge is 2.59. The topological polar surface area (TPSA) is 40.5 Å². The van der Waals surface area contributed by atoms with E-state index in [1.165, 1.54) is 31.3 Å². The molecule has 0 spiro atoms. The van der Waals surface area contributed by atoms with E-state index in [1.807, 2.05) is 6.92 Å². The van der Waals surface area contributed by atoms with Crippen LogP contribution in [0.1, 0.15) is 105 Å². The molecule has 0 aliphatic heterocycles. The van der Waals surface area contributed by atoms with E-state index in [1.54, 1.807) is 0 Å². The van der Waals surface area contributed by atoms with Crippen molar-refractivity contribution in [1.82, 2.24) is 0 Å². The van der Waals surface area contributed by atoms with Gasteiger partial charge in [0.05, 0.1) is 5.60 Å². The van der Waals surface area contributed by atoms with Gasteiger partial charge in [-0.2, -0.15) is 13.2 Å². The summed E-state index contributed by atoms with van der Waals surface area (Å²) in [6.45, 7) is 10.0. The Kier molecular flexibility index (Phi) is 6.39. The van der Waals surface area contributed by atoms with Crippen LogP contribution in [0, 0.1) is 40.4 Å². The van der Waals surface area contributed by atoms with Gasteiger partial charge in [-0.1, -0.05) is 38.8 Å². The van der Waals surface area contributed by atoms with E-state index < -0.39 is 17.4 Å². The Hall–Kier alpha value is -0.550. The predicted octanol–water partition coefficient (Wildman–Crippen LogP) is 7.44. The minimum absolute atomic E-state index is 0.214. The molecule has 0 amide bonds. The summed E-state index contributed by atoms with van der Waals surface area (Å²) < 4.78 is 39.1. The zero-order chi connectivity index (χ0) is 24.4. The first kappa shape index (κ1) is 25.5. The average molecular weight is 471 g/mol. The Morgan fingerprint density at radius 1 is 1.06 bits per heavy atom. The zero-order valence-electron chi connectivity index (χ0n) is 21.3. The monoisotopic (exact) mass is 470 g/mol. The third kappa shape index (κ3) is 4.32. The molecule has 0 heterocycles. The van der Waals surface area contributed by atoms with Crippen LogP contribution in [0.5, 0.6) is 0 Å². The molecule has 4 aliphatic rings. The second-order valence-corrected chi connectivity index (χ2v) is 13.3. The zero-order valence-corrected chi connectivity index (χ0v) is 21.3. The van der Waals surface area contributed by atoms with Gasteiger partial charge in [0.15, 0.2) is 5.60 Å². The van der Waals surface area contributed by atoms with Gasteiger partial charge in [-0.3, -0.25) is 0 Å². The number of allylic oxidation sites excluding steroid dienone is 1. The molecule has 0 aromatic rings. The summed E-state index contributed by atoms with van der Waals surface area (Å²) >= 11 is 0. The summed E-state index contributed by atoms with van der Waals surface area (Å²) in [5, 5.41) is 20.5. The molecule has 5 heteroatoms. The van der Waals surface area contributed by atoms with E-state index >= 15 is 0 Å². The smallest absolute Gasteiger partial charge is 0.390 e. The van der Waals surface area contributed by atoms with Crippen LogP contribution in [0.2, 0.25) is 0 Å². The van der Waals surface area contributed by atoms with Crippen molar-refractivity contribution in [2.75, 3.05) is 0 Å². The molecule has 9 atom stereocenters. The van der Waals surface area contributed by atoms with Gasteiger partial charge in [-0.05, 0) is 118 Å². The van der Waals surface area contributed by atoms with Crippen molar-refractivity contribution in [2.45, 2.75) is 123 Å². The molecule has 2 unspecified atom stereocenters. The van der Waals surface area contributed by atoms with Crippen LogP contribution in [0.25, 0.3) is 0 Å². The fourth-order valence-electron chi connectivity index (χ4n) is 8.89. The van der Waals surface area contributed by atoms with Crippen LogP contribution in [0.4, 0.5) is 13.2 Å². The van der Waals surface area contributed by atoms with Crippen LogP contribution in [-0.2, 0) is 0 Å². The van der Waals surface area contributed by atoms with Crippen molar-refractivity contribution < 1.29 is 23.4 Å². The van der Waals surface area contributed by atoms with Gasteiger partial charge in [0.2, 0.25) is 0 Å². The van der Waals surface area contributed by atoms with Gasteiger partial charge < -0.3 is 10.2 Å². The predicted molar refractivity (Wildman–Crippen MR) is 126 cm³/mol. The highest BCUT2D eigenvalue weighted by atomic mass is 19.4. The van der Waals surface area contributed by atoms with Gasteiger partial charge in [-0.15, -0.1) is 0 Å². The molecule has 4 rings (SSSR count). The third-order valence-electron chi connectivity index (χ3n) is 11.1. The molecule has 190 valence electrons. The largest absolute Gasteiger partial charge is 0.416 e. The van der Waals surface area contributed by atoms with E-state index in [2.05, 4.69) is 26.8 Å². The Labute approximate surface area is 198 Å². The molecule has 0 aromatic heterocycles. The number of aliphatic hydroxyl groups is 2. The molecule has 33 heavy (non-hydrogen) atoms. The summed E-state index contributed by atoms with van der Waals surface area (Å²) in [6, 6.07) is 0. The maximum absolute atomic E-state index is 13.0. The lowest BCUT2D eigenvalue weighted by molar-refractivity contribution is -0.255. The van der Waals surface area contributed by atoms with Gasteiger partial charge in [0.1, 0.15) is 0 Å². The van der Waals surface area contributed by atoms with E-state index in [4.69, 9.17) is 0 Å². The van der Waals surface area contributed by atoms with Crippen molar-refractivity contribution in [3.63, 3.8) is 0 Å². The van der Waals surface area contributed by atoms with Crippen molar-refractivity contribution in [3.8, 4) is 0 Å². The van der Waals surface area contributed by atoms with Gasteiger partial charge >= 0.3 is 6.18 Å². The maximum Gasteiger partial charge on any atom is 0.416 e. The molecule has 0 aromatic carbocycles. The summed E-state index contributed by atoms with van der Waals surface area (Å²) in [5.41, 5.74) is -1.16. The molecular formula is C28H45F3O2. The van der Waals surface area contributed by atoms with Crippen LogP contribution >= 0.6 is 0 Å². The van der Waals surface area contributed by atoms with Gasteiger partial charge in [0.25, 0.3) is 0 Å². The fourth-order valence-corrected chi connectivity index (χ4v) is 8.89. The van der Waals surface area contributed by atoms with Crippen molar-refractivity contribution in [2.24, 2.45) is 40.4 Å². The van der Waals surface area contributed by atoms with E-state index in [-0.39, 0.29) is 17.3 Å². The van der Waals surface area contributed by atoms with Crippen molar-refractivity contribution in [1.29, 1.82) is 0 Å². The van der Waals surface area contributed by atoms with Crippen LogP contribution in [-0.4, -0.2) is 27.6 Å². The number of rotatable bonds is 5. The molecule has 2 nitrogen and oxygen atoms in total. The Morgan fingerprint density at radius 2 is 1.76 bits per heavy atom. The first-order chi connectivity index (χ1) is 15.1. The van der Waals surface area contributed by atoms with Gasteiger partial charge in [-0.25, -0.2) is 0 Å². The first-order valence-electron chi connectivity index (χ1n) is 13.3. The van der Waals surface area contributed by atoms with Crippen molar-refractivity contribution >= 4 is 0 Å². The highest BCUT2D eigenvalue weighted by molar-refractivity contribution is 5.26. The van der Waals surface area contributed by atoms with Crippen molar-refractivity contribution in [3.05, 3.63) is 11.6 Å². The number of hydrogen-bond donors (Lipinski definition) is 2. The Balaban J connectivity index is 1.44. The minimum Gasteiger partial charge on any atom is -0.390 e. The van der Waals surface area contributed by atoms with Crippen LogP contribution < -0.4 is 0 Å². The van der Waals surface area contributed by atoms with Gasteiger partial charge in [0, 0.05) is 0 Å². The van der Waals surface area contributed by atoms with Crippen LogP contribution in [0.3, 0.4) is 0 Å². The molecule has 3 saturated carbocycles. The number of hydrogen-bond acceptors (Lipinski definition) is 2. The normalized spacial score (nSPS) is 45.9. The summed E-state index contributed by atoms with van der Waals surface area (Å²) in [7, 11) is 0. The summed E-state index contributed by atoms with van der Waals surface area (Å²) in [4.78, 5) is 0. The molecule has 3 fully saturated rings.